The van der Waals surface area contributed by atoms with Gasteiger partial charge in [0.2, 0.25) is 0 Å². The van der Waals surface area contributed by atoms with Crippen molar-refractivity contribution in [1.82, 2.24) is 0 Å². The zero-order chi connectivity index (χ0) is 12.8. The van der Waals surface area contributed by atoms with Gasteiger partial charge in [-0.2, -0.15) is 5.26 Å². The molecule has 1 atom stereocenters. The Morgan fingerprint density at radius 2 is 2.06 bits per heavy atom. The number of rotatable bonds is 4. The Balaban J connectivity index is 3.17. The van der Waals surface area contributed by atoms with Crippen LogP contribution in [-0.2, 0) is 10.8 Å². The van der Waals surface area contributed by atoms with Crippen LogP contribution in [0.1, 0.15) is 12.5 Å². The lowest BCUT2D eigenvalue weighted by atomic mass is 10.2. The van der Waals surface area contributed by atoms with E-state index in [-0.39, 0.29) is 4.91 Å². The highest BCUT2D eigenvalue weighted by Gasteiger charge is 2.12. The molecule has 0 N–H and O–H groups in total. The number of allylic oxidation sites excluding steroid dienone is 1. The zero-order valence-electron chi connectivity index (χ0n) is 9.57. The largest absolute Gasteiger partial charge is 0.497 e. The molecule has 17 heavy (non-hydrogen) atoms. The zero-order valence-corrected chi connectivity index (χ0v) is 12.0. The van der Waals surface area contributed by atoms with Crippen LogP contribution in [0.2, 0.25) is 0 Å². The maximum absolute atomic E-state index is 11.7. The van der Waals surface area contributed by atoms with Crippen LogP contribution >= 0.6 is 15.9 Å². The number of benzene rings is 1. The van der Waals surface area contributed by atoms with E-state index in [0.29, 0.717) is 10.2 Å². The van der Waals surface area contributed by atoms with E-state index in [2.05, 4.69) is 15.9 Å². The molecule has 0 aliphatic heterocycles. The molecule has 0 spiro atoms. The van der Waals surface area contributed by atoms with Gasteiger partial charge in [0.25, 0.3) is 0 Å². The fourth-order valence-electron chi connectivity index (χ4n) is 1.21. The first kappa shape index (κ1) is 13.9. The highest BCUT2D eigenvalue weighted by Crippen LogP contribution is 2.28. The molecule has 0 bridgehead atoms. The van der Waals surface area contributed by atoms with E-state index in [1.165, 1.54) is 0 Å². The van der Waals surface area contributed by atoms with Crippen molar-refractivity contribution in [3.8, 4) is 11.8 Å². The first-order valence-corrected chi connectivity index (χ1v) is 7.07. The second-order valence-corrected chi connectivity index (χ2v) is 5.59. The molecule has 0 saturated carbocycles. The summed E-state index contributed by atoms with van der Waals surface area (Å²) in [4.78, 5) is 0.262. The quantitative estimate of drug-likeness (QED) is 0.803. The molecule has 0 aromatic heterocycles. The van der Waals surface area contributed by atoms with Gasteiger partial charge in [0, 0.05) is 5.75 Å². The Labute approximate surface area is 112 Å². The molecule has 0 aliphatic carbocycles. The molecule has 1 aromatic rings. The summed E-state index contributed by atoms with van der Waals surface area (Å²) in [6.07, 6.45) is 0. The fourth-order valence-corrected chi connectivity index (χ4v) is 2.82. The van der Waals surface area contributed by atoms with Gasteiger partial charge in [-0.1, -0.05) is 19.1 Å². The van der Waals surface area contributed by atoms with Gasteiger partial charge in [-0.3, -0.25) is 4.21 Å². The van der Waals surface area contributed by atoms with E-state index in [4.69, 9.17) is 10.00 Å². The van der Waals surface area contributed by atoms with Gasteiger partial charge in [-0.15, -0.1) is 0 Å². The number of halogens is 1. The van der Waals surface area contributed by atoms with Gasteiger partial charge in [0.15, 0.2) is 0 Å². The Bertz CT molecular complexity index is 488. The lowest BCUT2D eigenvalue weighted by molar-refractivity contribution is 0.415. The Morgan fingerprint density at radius 3 is 2.47 bits per heavy atom. The van der Waals surface area contributed by atoms with Crippen LogP contribution < -0.4 is 4.74 Å². The highest BCUT2D eigenvalue weighted by molar-refractivity contribution is 9.15. The van der Waals surface area contributed by atoms with E-state index < -0.39 is 10.8 Å². The van der Waals surface area contributed by atoms with Gasteiger partial charge >= 0.3 is 0 Å². The van der Waals surface area contributed by atoms with Crippen molar-refractivity contribution < 1.29 is 8.95 Å². The molecule has 0 radical (unpaired) electrons. The Hall–Kier alpha value is -1.12. The summed E-state index contributed by atoms with van der Waals surface area (Å²) in [7, 11) is 0.328. The summed E-state index contributed by atoms with van der Waals surface area (Å²) in [6, 6.07) is 9.19. The van der Waals surface area contributed by atoms with Gasteiger partial charge in [0.05, 0.1) is 22.4 Å². The van der Waals surface area contributed by atoms with Crippen LogP contribution in [0.25, 0.3) is 4.48 Å². The number of hydrogen-bond acceptors (Lipinski definition) is 3. The summed E-state index contributed by atoms with van der Waals surface area (Å²) >= 11 is 3.32. The third kappa shape index (κ3) is 3.42. The standard InChI is InChI=1S/C12H12BrNO2S/c1-3-17(15)11(8-14)12(13)9-4-6-10(16-2)7-5-9/h4-7H,3H2,1-2H3/b12-11-. The lowest BCUT2D eigenvalue weighted by Crippen LogP contribution is -1.97. The van der Waals surface area contributed by atoms with Crippen molar-refractivity contribution in [1.29, 1.82) is 5.26 Å². The Kier molecular flexibility index (Phi) is 5.39. The minimum Gasteiger partial charge on any atom is -0.497 e. The molecule has 0 fully saturated rings. The van der Waals surface area contributed by atoms with Crippen molar-refractivity contribution >= 4 is 31.2 Å². The average molecular weight is 314 g/mol. The number of hydrogen-bond donors (Lipinski definition) is 0. The second kappa shape index (κ2) is 6.58. The number of methoxy groups -OCH3 is 1. The second-order valence-electron chi connectivity index (χ2n) is 3.12. The summed E-state index contributed by atoms with van der Waals surface area (Å²) in [5.74, 6) is 1.16. The predicted octanol–water partition coefficient (Wildman–Crippen LogP) is 3.05. The maximum Gasteiger partial charge on any atom is 0.131 e. The molecule has 1 rings (SSSR count). The molecule has 5 heteroatoms. The molecular formula is C12H12BrNO2S. The number of nitriles is 1. The van der Waals surface area contributed by atoms with Crippen LogP contribution in [-0.4, -0.2) is 17.1 Å². The summed E-state index contributed by atoms with van der Waals surface area (Å²) in [5, 5.41) is 9.00. The van der Waals surface area contributed by atoms with E-state index in [1.807, 2.05) is 18.2 Å². The molecule has 1 unspecified atom stereocenters. The first-order chi connectivity index (χ1) is 8.13. The van der Waals surface area contributed by atoms with Crippen LogP contribution in [0.15, 0.2) is 29.2 Å². The normalized spacial score (nSPS) is 13.5. The van der Waals surface area contributed by atoms with E-state index in [0.717, 1.165) is 11.3 Å². The molecule has 90 valence electrons. The molecular weight excluding hydrogens is 302 g/mol. The fraction of sp³-hybridized carbons (Fsp3) is 0.250. The van der Waals surface area contributed by atoms with Gasteiger partial charge < -0.3 is 4.74 Å². The smallest absolute Gasteiger partial charge is 0.131 e. The molecule has 0 aliphatic rings. The van der Waals surface area contributed by atoms with E-state index >= 15 is 0 Å². The van der Waals surface area contributed by atoms with Gasteiger partial charge in [-0.25, -0.2) is 0 Å². The predicted molar refractivity (Wildman–Crippen MR) is 73.1 cm³/mol. The van der Waals surface area contributed by atoms with Crippen molar-refractivity contribution in [2.45, 2.75) is 6.92 Å². The minimum atomic E-state index is -1.26. The van der Waals surface area contributed by atoms with Gasteiger partial charge in [0.1, 0.15) is 16.7 Å². The monoisotopic (exact) mass is 313 g/mol. The topological polar surface area (TPSA) is 50.1 Å². The third-order valence-electron chi connectivity index (χ3n) is 2.13. The van der Waals surface area contributed by atoms with Crippen LogP contribution in [0.3, 0.4) is 0 Å². The first-order valence-electron chi connectivity index (χ1n) is 4.96. The van der Waals surface area contributed by atoms with Crippen LogP contribution in [0.4, 0.5) is 0 Å². The van der Waals surface area contributed by atoms with Crippen molar-refractivity contribution in [3.05, 3.63) is 34.7 Å². The molecule has 0 heterocycles. The number of nitrogens with zero attached hydrogens (tertiary/aromatic N) is 1. The summed E-state index contributed by atoms with van der Waals surface area (Å²) < 4.78 is 17.3. The van der Waals surface area contributed by atoms with E-state index in [9.17, 15) is 4.21 Å². The maximum atomic E-state index is 11.7. The SMILES string of the molecule is CCS(=O)/C(C#N)=C(\Br)c1ccc(OC)cc1. The molecule has 0 saturated heterocycles. The molecule has 0 amide bonds. The van der Waals surface area contributed by atoms with E-state index in [1.54, 1.807) is 26.2 Å². The lowest BCUT2D eigenvalue weighted by Gasteiger charge is -2.04. The number of ether oxygens (including phenoxy) is 1. The summed E-state index contributed by atoms with van der Waals surface area (Å²) in [5.41, 5.74) is 0.809. The third-order valence-corrected chi connectivity index (χ3v) is 4.53. The minimum absolute atomic E-state index is 0.262. The van der Waals surface area contributed by atoms with Crippen LogP contribution in [0.5, 0.6) is 5.75 Å². The molecule has 1 aromatic carbocycles. The summed E-state index contributed by atoms with van der Waals surface area (Å²) in [6.45, 7) is 1.78. The highest BCUT2D eigenvalue weighted by atomic mass is 79.9. The van der Waals surface area contributed by atoms with Gasteiger partial charge in [-0.05, 0) is 33.6 Å². The van der Waals surface area contributed by atoms with Crippen molar-refractivity contribution in [2.75, 3.05) is 12.9 Å². The van der Waals surface area contributed by atoms with Crippen molar-refractivity contribution in [3.63, 3.8) is 0 Å². The van der Waals surface area contributed by atoms with Crippen molar-refractivity contribution in [2.24, 2.45) is 0 Å². The average Bonchev–Trinajstić information content (AvgIpc) is 2.39. The van der Waals surface area contributed by atoms with Crippen LogP contribution in [0, 0.1) is 11.3 Å². The molecule has 3 nitrogen and oxygen atoms in total. The Morgan fingerprint density at radius 1 is 1.47 bits per heavy atom.